The standard InChI is InChI=1S/C27H31N5O4S/c1-6-27(2,3)28-26(34)25(23-12-9-15-37-23)32(18-13-14-21(35-4)22(16-18)36-5)24(33)17-31-20-11-8-7-10-19(20)29-30-31/h7-16,25H,6,17H2,1-5H3,(H,28,34). The topological polar surface area (TPSA) is 98.6 Å². The zero-order valence-corrected chi connectivity index (χ0v) is 22.4. The highest BCUT2D eigenvalue weighted by molar-refractivity contribution is 7.10. The molecule has 9 nitrogen and oxygen atoms in total. The van der Waals surface area contributed by atoms with E-state index in [1.807, 2.05) is 62.5 Å². The average molecular weight is 522 g/mol. The van der Waals surface area contributed by atoms with Crippen LogP contribution in [0.15, 0.2) is 60.0 Å². The molecule has 0 saturated heterocycles. The lowest BCUT2D eigenvalue weighted by Gasteiger charge is -2.34. The van der Waals surface area contributed by atoms with E-state index >= 15 is 0 Å². The molecule has 37 heavy (non-hydrogen) atoms. The molecule has 2 amide bonds. The largest absolute Gasteiger partial charge is 0.493 e. The molecule has 2 aromatic carbocycles. The van der Waals surface area contributed by atoms with Crippen molar-refractivity contribution < 1.29 is 19.1 Å². The third-order valence-corrected chi connectivity index (χ3v) is 7.21. The summed E-state index contributed by atoms with van der Waals surface area (Å²) in [5.41, 5.74) is 1.45. The fraction of sp³-hybridized carbons (Fsp3) is 0.333. The maximum atomic E-state index is 14.1. The zero-order chi connectivity index (χ0) is 26.6. The molecule has 10 heteroatoms. The van der Waals surface area contributed by atoms with Gasteiger partial charge < -0.3 is 14.8 Å². The van der Waals surface area contributed by atoms with Crippen LogP contribution in [-0.2, 0) is 16.1 Å². The summed E-state index contributed by atoms with van der Waals surface area (Å²) in [5, 5.41) is 13.4. The second kappa shape index (κ2) is 11.0. The lowest BCUT2D eigenvalue weighted by atomic mass is 10.0. The number of thiophene rings is 1. The minimum absolute atomic E-state index is 0.110. The number of hydrogen-bond donors (Lipinski definition) is 1. The summed E-state index contributed by atoms with van der Waals surface area (Å²) in [4.78, 5) is 30.2. The van der Waals surface area contributed by atoms with E-state index in [1.54, 1.807) is 30.0 Å². The van der Waals surface area contributed by atoms with Crippen molar-refractivity contribution in [2.24, 2.45) is 0 Å². The Morgan fingerprint density at radius 1 is 1.08 bits per heavy atom. The number of anilines is 1. The molecule has 0 bridgehead atoms. The molecule has 0 fully saturated rings. The monoisotopic (exact) mass is 521 g/mol. The number of benzene rings is 2. The number of ether oxygens (including phenoxy) is 2. The predicted molar refractivity (Wildman–Crippen MR) is 144 cm³/mol. The van der Waals surface area contributed by atoms with Gasteiger partial charge in [0.25, 0.3) is 0 Å². The molecule has 4 rings (SSSR count). The molecule has 1 unspecified atom stereocenters. The summed E-state index contributed by atoms with van der Waals surface area (Å²) in [7, 11) is 3.08. The second-order valence-corrected chi connectivity index (χ2v) is 10.2. The van der Waals surface area contributed by atoms with Crippen LogP contribution >= 0.6 is 11.3 Å². The number of carbonyl (C=O) groups excluding carboxylic acids is 2. The van der Waals surface area contributed by atoms with Crippen LogP contribution in [0.5, 0.6) is 11.5 Å². The summed E-state index contributed by atoms with van der Waals surface area (Å²) in [6, 6.07) is 15.4. The number of fused-ring (bicyclic) bond motifs is 1. The van der Waals surface area contributed by atoms with Gasteiger partial charge in [0.15, 0.2) is 11.5 Å². The van der Waals surface area contributed by atoms with E-state index in [9.17, 15) is 9.59 Å². The Labute approximate surface area is 220 Å². The molecule has 4 aromatic rings. The maximum absolute atomic E-state index is 14.1. The van der Waals surface area contributed by atoms with Crippen LogP contribution in [0.2, 0.25) is 0 Å². The van der Waals surface area contributed by atoms with Crippen molar-refractivity contribution in [3.63, 3.8) is 0 Å². The van der Waals surface area contributed by atoms with Crippen LogP contribution in [0.4, 0.5) is 5.69 Å². The minimum atomic E-state index is -0.911. The van der Waals surface area contributed by atoms with E-state index < -0.39 is 11.6 Å². The van der Waals surface area contributed by atoms with Crippen LogP contribution in [0.25, 0.3) is 11.0 Å². The third kappa shape index (κ3) is 5.59. The first-order valence-corrected chi connectivity index (χ1v) is 12.8. The Morgan fingerprint density at radius 3 is 2.51 bits per heavy atom. The minimum Gasteiger partial charge on any atom is -0.493 e. The van der Waals surface area contributed by atoms with Crippen molar-refractivity contribution in [1.29, 1.82) is 0 Å². The Morgan fingerprint density at radius 2 is 1.84 bits per heavy atom. The highest BCUT2D eigenvalue weighted by Gasteiger charge is 2.36. The first-order valence-electron chi connectivity index (χ1n) is 12.0. The van der Waals surface area contributed by atoms with Crippen molar-refractivity contribution in [2.45, 2.75) is 45.3 Å². The molecule has 1 atom stereocenters. The van der Waals surface area contributed by atoms with E-state index in [2.05, 4.69) is 15.6 Å². The van der Waals surface area contributed by atoms with E-state index in [0.717, 1.165) is 16.8 Å². The van der Waals surface area contributed by atoms with Crippen LogP contribution in [0, 0.1) is 0 Å². The third-order valence-electron chi connectivity index (χ3n) is 6.28. The number of amides is 2. The van der Waals surface area contributed by atoms with E-state index in [0.29, 0.717) is 22.7 Å². The van der Waals surface area contributed by atoms with Crippen LogP contribution < -0.4 is 19.7 Å². The second-order valence-electron chi connectivity index (χ2n) is 9.18. The summed E-state index contributed by atoms with van der Waals surface area (Å²) < 4.78 is 12.5. The number of hydrogen-bond acceptors (Lipinski definition) is 7. The first-order chi connectivity index (χ1) is 17.8. The summed E-state index contributed by atoms with van der Waals surface area (Å²) in [5.74, 6) is 0.361. The number of aromatic nitrogens is 3. The summed E-state index contributed by atoms with van der Waals surface area (Å²) >= 11 is 1.42. The Balaban J connectivity index is 1.82. The molecule has 0 aliphatic carbocycles. The number of carbonyl (C=O) groups is 2. The highest BCUT2D eigenvalue weighted by Crippen LogP contribution is 2.37. The van der Waals surface area contributed by atoms with Gasteiger partial charge in [-0.25, -0.2) is 4.68 Å². The molecule has 1 N–H and O–H groups in total. The molecule has 0 aliphatic rings. The quantitative estimate of drug-likeness (QED) is 0.328. The van der Waals surface area contributed by atoms with Gasteiger partial charge in [0.1, 0.15) is 18.1 Å². The Hall–Kier alpha value is -3.92. The van der Waals surface area contributed by atoms with Gasteiger partial charge >= 0.3 is 0 Å². The van der Waals surface area contributed by atoms with Crippen molar-refractivity contribution in [1.82, 2.24) is 20.3 Å². The van der Waals surface area contributed by atoms with Crippen molar-refractivity contribution in [2.75, 3.05) is 19.1 Å². The number of nitrogens with zero attached hydrogens (tertiary/aromatic N) is 4. The fourth-order valence-electron chi connectivity index (χ4n) is 3.96. The first kappa shape index (κ1) is 26.2. The van der Waals surface area contributed by atoms with Gasteiger partial charge in [0.05, 0.1) is 19.7 Å². The Kier molecular flexibility index (Phi) is 7.77. The Bertz CT molecular complexity index is 1380. The summed E-state index contributed by atoms with van der Waals surface area (Å²) in [6.45, 7) is 5.82. The summed E-state index contributed by atoms with van der Waals surface area (Å²) in [6.07, 6.45) is 0.727. The zero-order valence-electron chi connectivity index (χ0n) is 21.6. The van der Waals surface area contributed by atoms with Gasteiger partial charge in [0, 0.05) is 22.2 Å². The van der Waals surface area contributed by atoms with Crippen molar-refractivity contribution >= 4 is 39.9 Å². The average Bonchev–Trinajstić information content (AvgIpc) is 3.57. The van der Waals surface area contributed by atoms with Gasteiger partial charge in [-0.15, -0.1) is 16.4 Å². The number of para-hydroxylation sites is 1. The van der Waals surface area contributed by atoms with Gasteiger partial charge in [-0.3, -0.25) is 14.5 Å². The van der Waals surface area contributed by atoms with Crippen LogP contribution in [0.3, 0.4) is 0 Å². The van der Waals surface area contributed by atoms with Crippen molar-refractivity contribution in [3.8, 4) is 11.5 Å². The predicted octanol–water partition coefficient (Wildman–Crippen LogP) is 4.59. The van der Waals surface area contributed by atoms with Crippen LogP contribution in [0.1, 0.15) is 38.1 Å². The van der Waals surface area contributed by atoms with E-state index in [1.165, 1.54) is 23.3 Å². The van der Waals surface area contributed by atoms with Gasteiger partial charge in [0.2, 0.25) is 11.8 Å². The van der Waals surface area contributed by atoms with Gasteiger partial charge in [-0.2, -0.15) is 0 Å². The number of nitrogens with one attached hydrogen (secondary N) is 1. The lowest BCUT2D eigenvalue weighted by molar-refractivity contribution is -0.128. The number of methoxy groups -OCH3 is 2. The molecule has 2 heterocycles. The van der Waals surface area contributed by atoms with E-state index in [-0.39, 0.29) is 18.4 Å². The van der Waals surface area contributed by atoms with Crippen LogP contribution in [-0.4, -0.2) is 46.6 Å². The molecule has 0 radical (unpaired) electrons. The highest BCUT2D eigenvalue weighted by atomic mass is 32.1. The van der Waals surface area contributed by atoms with Gasteiger partial charge in [-0.05, 0) is 56.0 Å². The maximum Gasteiger partial charge on any atom is 0.249 e. The molecule has 0 saturated carbocycles. The lowest BCUT2D eigenvalue weighted by Crippen LogP contribution is -2.50. The van der Waals surface area contributed by atoms with Crippen molar-refractivity contribution in [3.05, 3.63) is 64.9 Å². The molecule has 0 aliphatic heterocycles. The van der Waals surface area contributed by atoms with E-state index in [4.69, 9.17) is 9.47 Å². The molecular formula is C27H31N5O4S. The normalized spacial score (nSPS) is 12.2. The van der Waals surface area contributed by atoms with Gasteiger partial charge in [-0.1, -0.05) is 30.3 Å². The SMILES string of the molecule is CCC(C)(C)NC(=O)C(c1cccs1)N(C(=O)Cn1nnc2ccccc21)c1ccc(OC)c(OC)c1. The molecule has 0 spiro atoms. The molecule has 2 aromatic heterocycles. The molecular weight excluding hydrogens is 490 g/mol. The molecule has 194 valence electrons. The fourth-order valence-corrected chi connectivity index (χ4v) is 4.77. The smallest absolute Gasteiger partial charge is 0.249 e. The number of rotatable bonds is 10.